The first-order valence-corrected chi connectivity index (χ1v) is 7.29. The smallest absolute Gasteiger partial charge is 0.0409 e. The fourth-order valence-electron chi connectivity index (χ4n) is 2.91. The van der Waals surface area contributed by atoms with E-state index in [2.05, 4.69) is 45.1 Å². The van der Waals surface area contributed by atoms with Crippen LogP contribution in [0.5, 0.6) is 0 Å². The third-order valence-corrected chi connectivity index (χ3v) is 4.15. The molecule has 0 saturated heterocycles. The maximum Gasteiger partial charge on any atom is 0.0409 e. The second kappa shape index (κ2) is 5.22. The molecule has 1 aliphatic rings. The number of benzene rings is 1. The second-order valence-corrected chi connectivity index (χ2v) is 7.01. The topological polar surface area (TPSA) is 12.0 Å². The lowest BCUT2D eigenvalue weighted by atomic mass is 9.85. The number of hydrogen-bond acceptors (Lipinski definition) is 1. The van der Waals surface area contributed by atoms with Gasteiger partial charge in [-0.3, -0.25) is 0 Å². The quantitative estimate of drug-likeness (QED) is 0.839. The Hall–Kier alpha value is -0.530. The zero-order valence-electron chi connectivity index (χ0n) is 11.9. The summed E-state index contributed by atoms with van der Waals surface area (Å²) in [6, 6.07) is 6.76. The minimum atomic E-state index is 0.282. The van der Waals surface area contributed by atoms with Crippen LogP contribution in [0.2, 0.25) is 5.02 Å². The Morgan fingerprint density at radius 1 is 1.39 bits per heavy atom. The summed E-state index contributed by atoms with van der Waals surface area (Å²) in [6.07, 6.45) is 2.36. The molecule has 1 unspecified atom stereocenters. The van der Waals surface area contributed by atoms with E-state index >= 15 is 0 Å². The molecule has 100 valence electrons. The van der Waals surface area contributed by atoms with Gasteiger partial charge in [-0.05, 0) is 54.0 Å². The van der Waals surface area contributed by atoms with Gasteiger partial charge in [0.15, 0.2) is 0 Å². The van der Waals surface area contributed by atoms with Gasteiger partial charge in [-0.25, -0.2) is 0 Å². The average Bonchev–Trinajstić information content (AvgIpc) is 2.50. The Morgan fingerprint density at radius 3 is 2.78 bits per heavy atom. The molecule has 0 saturated carbocycles. The van der Waals surface area contributed by atoms with E-state index in [9.17, 15) is 0 Å². The van der Waals surface area contributed by atoms with Crippen molar-refractivity contribution in [3.05, 3.63) is 34.3 Å². The molecule has 0 fully saturated rings. The van der Waals surface area contributed by atoms with Crippen LogP contribution in [0, 0.1) is 11.3 Å². The molecule has 0 heterocycles. The standard InChI is InChI=1S/C16H24ClN/c1-11(2)7-8-18-15-14-9-13(17)6-5-12(14)10-16(15,3)4/h5-6,9,11,15,18H,7-8,10H2,1-4H3. The van der Waals surface area contributed by atoms with Crippen molar-refractivity contribution in [3.8, 4) is 0 Å². The Kier molecular flexibility index (Phi) is 4.03. The second-order valence-electron chi connectivity index (χ2n) is 6.58. The van der Waals surface area contributed by atoms with Crippen LogP contribution in [-0.4, -0.2) is 6.54 Å². The first-order valence-electron chi connectivity index (χ1n) is 6.92. The lowest BCUT2D eigenvalue weighted by Crippen LogP contribution is -2.32. The molecule has 0 amide bonds. The molecule has 1 aliphatic carbocycles. The molecule has 2 heteroatoms. The van der Waals surface area contributed by atoms with Crippen LogP contribution >= 0.6 is 11.6 Å². The number of rotatable bonds is 4. The molecule has 1 atom stereocenters. The lowest BCUT2D eigenvalue weighted by Gasteiger charge is -2.29. The average molecular weight is 266 g/mol. The van der Waals surface area contributed by atoms with Gasteiger partial charge in [0.1, 0.15) is 0 Å². The summed E-state index contributed by atoms with van der Waals surface area (Å²) in [6.45, 7) is 10.3. The van der Waals surface area contributed by atoms with Crippen LogP contribution in [0.4, 0.5) is 0 Å². The third-order valence-electron chi connectivity index (χ3n) is 3.92. The SMILES string of the molecule is CC(C)CCNC1c2cc(Cl)ccc2CC1(C)C. The third kappa shape index (κ3) is 2.89. The highest BCUT2D eigenvalue weighted by Crippen LogP contribution is 2.45. The number of nitrogens with one attached hydrogen (secondary N) is 1. The van der Waals surface area contributed by atoms with Gasteiger partial charge in [0.25, 0.3) is 0 Å². The van der Waals surface area contributed by atoms with Gasteiger partial charge in [-0.1, -0.05) is 45.4 Å². The van der Waals surface area contributed by atoms with E-state index in [0.717, 1.165) is 23.9 Å². The van der Waals surface area contributed by atoms with Gasteiger partial charge < -0.3 is 5.32 Å². The summed E-state index contributed by atoms with van der Waals surface area (Å²) in [5, 5.41) is 4.58. The van der Waals surface area contributed by atoms with Crippen molar-refractivity contribution < 1.29 is 0 Å². The van der Waals surface area contributed by atoms with Crippen molar-refractivity contribution >= 4 is 11.6 Å². The highest BCUT2D eigenvalue weighted by Gasteiger charge is 2.38. The summed E-state index contributed by atoms with van der Waals surface area (Å²) >= 11 is 6.14. The largest absolute Gasteiger partial charge is 0.309 e. The van der Waals surface area contributed by atoms with Crippen LogP contribution in [-0.2, 0) is 6.42 Å². The summed E-state index contributed by atoms with van der Waals surface area (Å²) < 4.78 is 0. The first kappa shape index (κ1) is 13.9. The van der Waals surface area contributed by atoms with Crippen molar-refractivity contribution in [1.82, 2.24) is 5.32 Å². The summed E-state index contributed by atoms with van der Waals surface area (Å²) in [7, 11) is 0. The van der Waals surface area contributed by atoms with E-state index in [-0.39, 0.29) is 5.41 Å². The summed E-state index contributed by atoms with van der Waals surface area (Å²) in [5.74, 6) is 0.751. The molecule has 18 heavy (non-hydrogen) atoms. The zero-order valence-corrected chi connectivity index (χ0v) is 12.6. The van der Waals surface area contributed by atoms with Crippen molar-refractivity contribution in [2.45, 2.75) is 46.6 Å². The maximum atomic E-state index is 6.14. The van der Waals surface area contributed by atoms with Crippen LogP contribution in [0.25, 0.3) is 0 Å². The lowest BCUT2D eigenvalue weighted by molar-refractivity contribution is 0.266. The van der Waals surface area contributed by atoms with Crippen molar-refractivity contribution in [3.63, 3.8) is 0 Å². The number of fused-ring (bicyclic) bond motifs is 1. The molecule has 0 aromatic heterocycles. The normalized spacial score (nSPS) is 21.3. The Morgan fingerprint density at radius 2 is 2.11 bits per heavy atom. The van der Waals surface area contributed by atoms with Crippen molar-refractivity contribution in [2.24, 2.45) is 11.3 Å². The molecule has 1 N–H and O–H groups in total. The molecular formula is C16H24ClN. The van der Waals surface area contributed by atoms with Crippen LogP contribution in [0.1, 0.15) is 51.3 Å². The monoisotopic (exact) mass is 265 g/mol. The van der Waals surface area contributed by atoms with Gasteiger partial charge >= 0.3 is 0 Å². The van der Waals surface area contributed by atoms with E-state index in [1.54, 1.807) is 0 Å². The van der Waals surface area contributed by atoms with E-state index in [1.807, 2.05) is 6.07 Å². The Labute approximate surface area is 116 Å². The Balaban J connectivity index is 2.15. The van der Waals surface area contributed by atoms with Crippen molar-refractivity contribution in [1.29, 1.82) is 0 Å². The van der Waals surface area contributed by atoms with E-state index < -0.39 is 0 Å². The molecule has 0 spiro atoms. The predicted octanol–water partition coefficient (Wildman–Crippen LogP) is 4.60. The molecule has 0 bridgehead atoms. The molecule has 1 aromatic rings. The molecule has 0 radical (unpaired) electrons. The van der Waals surface area contributed by atoms with E-state index in [1.165, 1.54) is 17.5 Å². The molecular weight excluding hydrogens is 242 g/mol. The van der Waals surface area contributed by atoms with E-state index in [4.69, 9.17) is 11.6 Å². The minimum Gasteiger partial charge on any atom is -0.309 e. The maximum absolute atomic E-state index is 6.14. The highest BCUT2D eigenvalue weighted by molar-refractivity contribution is 6.30. The zero-order chi connectivity index (χ0) is 13.3. The fourth-order valence-corrected chi connectivity index (χ4v) is 3.09. The molecule has 0 aliphatic heterocycles. The van der Waals surface area contributed by atoms with Crippen LogP contribution in [0.3, 0.4) is 0 Å². The minimum absolute atomic E-state index is 0.282. The van der Waals surface area contributed by atoms with Gasteiger partial charge in [0.05, 0.1) is 0 Å². The molecule has 2 rings (SSSR count). The number of hydrogen-bond donors (Lipinski definition) is 1. The van der Waals surface area contributed by atoms with Gasteiger partial charge in [0.2, 0.25) is 0 Å². The van der Waals surface area contributed by atoms with Gasteiger partial charge in [-0.2, -0.15) is 0 Å². The van der Waals surface area contributed by atoms with Crippen LogP contribution in [0.15, 0.2) is 18.2 Å². The van der Waals surface area contributed by atoms with E-state index in [0.29, 0.717) is 6.04 Å². The van der Waals surface area contributed by atoms with Crippen LogP contribution < -0.4 is 5.32 Å². The Bertz CT molecular complexity index is 423. The summed E-state index contributed by atoms with van der Waals surface area (Å²) in [4.78, 5) is 0. The predicted molar refractivity (Wildman–Crippen MR) is 79.1 cm³/mol. The van der Waals surface area contributed by atoms with Gasteiger partial charge in [0, 0.05) is 11.1 Å². The molecule has 1 aromatic carbocycles. The number of halogens is 1. The highest BCUT2D eigenvalue weighted by atomic mass is 35.5. The first-order chi connectivity index (χ1) is 8.40. The molecule has 1 nitrogen and oxygen atoms in total. The van der Waals surface area contributed by atoms with Crippen molar-refractivity contribution in [2.75, 3.05) is 6.54 Å². The summed E-state index contributed by atoms with van der Waals surface area (Å²) in [5.41, 5.74) is 3.13. The van der Waals surface area contributed by atoms with Gasteiger partial charge in [-0.15, -0.1) is 0 Å². The fraction of sp³-hybridized carbons (Fsp3) is 0.625.